The van der Waals surface area contributed by atoms with Gasteiger partial charge >= 0.3 is 0 Å². The first kappa shape index (κ1) is 24.3. The molecule has 34 heavy (non-hydrogen) atoms. The molecule has 2 amide bonds. The maximum absolute atomic E-state index is 13.1. The fourth-order valence-corrected chi connectivity index (χ4v) is 5.00. The zero-order valence-electron chi connectivity index (χ0n) is 18.3. The van der Waals surface area contributed by atoms with Crippen LogP contribution in [-0.4, -0.2) is 33.7 Å². The minimum Gasteiger partial charge on any atom is -0.325 e. The number of hydrogen-bond donors (Lipinski definition) is 1. The highest BCUT2D eigenvalue weighted by atomic mass is 35.5. The molecule has 4 rings (SSSR count). The van der Waals surface area contributed by atoms with Crippen LogP contribution in [0.3, 0.4) is 0 Å². The fourth-order valence-electron chi connectivity index (χ4n) is 3.56. The van der Waals surface area contributed by atoms with Crippen LogP contribution in [0.5, 0.6) is 0 Å². The minimum atomic E-state index is -0.595. The zero-order valence-corrected chi connectivity index (χ0v) is 20.6. The summed E-state index contributed by atoms with van der Waals surface area (Å²) in [5, 5.41) is 3.91. The molecule has 0 saturated carbocycles. The van der Waals surface area contributed by atoms with Crippen molar-refractivity contribution in [1.29, 1.82) is 0 Å². The molecule has 3 aromatic carbocycles. The smallest absolute Gasteiger partial charge is 0.238 e. The van der Waals surface area contributed by atoms with E-state index in [1.807, 2.05) is 18.2 Å². The Hall–Kier alpha value is -2.80. The summed E-state index contributed by atoms with van der Waals surface area (Å²) in [5.74, 6) is -0.376. The highest BCUT2D eigenvalue weighted by molar-refractivity contribution is 8.15. The molecule has 1 unspecified atom stereocenters. The Labute approximate surface area is 213 Å². The lowest BCUT2D eigenvalue weighted by Crippen LogP contribution is -2.45. The van der Waals surface area contributed by atoms with Crippen LogP contribution in [0, 0.1) is 0 Å². The van der Waals surface area contributed by atoms with Crippen molar-refractivity contribution in [2.75, 3.05) is 11.9 Å². The fraction of sp³-hybridized carbons (Fsp3) is 0.192. The molecule has 0 aromatic heterocycles. The van der Waals surface area contributed by atoms with Crippen molar-refractivity contribution in [3.63, 3.8) is 0 Å². The summed E-state index contributed by atoms with van der Waals surface area (Å²) in [7, 11) is 0. The normalized spacial score (nSPS) is 17.1. The Bertz CT molecular complexity index is 1190. The summed E-state index contributed by atoms with van der Waals surface area (Å²) >= 11 is 13.3. The summed E-state index contributed by atoms with van der Waals surface area (Å²) in [5.41, 5.74) is 2.48. The van der Waals surface area contributed by atoms with Crippen molar-refractivity contribution in [2.24, 2.45) is 4.99 Å². The molecule has 8 heteroatoms. The maximum atomic E-state index is 13.1. The van der Waals surface area contributed by atoms with Gasteiger partial charge in [0, 0.05) is 28.7 Å². The number of nitrogens with zero attached hydrogens (tertiary/aromatic N) is 2. The number of halogens is 2. The van der Waals surface area contributed by atoms with Crippen LogP contribution in [-0.2, 0) is 16.0 Å². The van der Waals surface area contributed by atoms with Crippen molar-refractivity contribution in [2.45, 2.75) is 24.5 Å². The van der Waals surface area contributed by atoms with Crippen molar-refractivity contribution in [3.8, 4) is 0 Å². The van der Waals surface area contributed by atoms with E-state index < -0.39 is 5.25 Å². The SMILES string of the molecule is O=C(Nc1cccc(Cl)c1)C1CC(=O)N(CCCc2ccccc2)C(=Nc2ccc(Cl)cc2)S1. The van der Waals surface area contributed by atoms with E-state index in [1.54, 1.807) is 53.4 Å². The molecular weight excluding hydrogens is 489 g/mol. The number of carbonyl (C=O) groups excluding carboxylic acids is 2. The van der Waals surface area contributed by atoms with E-state index in [0.717, 1.165) is 12.8 Å². The van der Waals surface area contributed by atoms with Gasteiger partial charge in [-0.2, -0.15) is 0 Å². The molecule has 0 aliphatic carbocycles. The third-order valence-electron chi connectivity index (χ3n) is 5.27. The van der Waals surface area contributed by atoms with Gasteiger partial charge in [-0.05, 0) is 60.9 Å². The van der Waals surface area contributed by atoms with Crippen molar-refractivity contribution >= 4 is 63.3 Å². The maximum Gasteiger partial charge on any atom is 0.238 e. The van der Waals surface area contributed by atoms with Gasteiger partial charge in [0.25, 0.3) is 0 Å². The first-order valence-corrected chi connectivity index (χ1v) is 12.5. The van der Waals surface area contributed by atoms with Gasteiger partial charge in [0.15, 0.2) is 5.17 Å². The van der Waals surface area contributed by atoms with E-state index in [2.05, 4.69) is 17.4 Å². The number of amidine groups is 1. The molecule has 1 atom stereocenters. The van der Waals surface area contributed by atoms with E-state index in [1.165, 1.54) is 17.3 Å². The van der Waals surface area contributed by atoms with Crippen LogP contribution in [0.25, 0.3) is 0 Å². The molecule has 174 valence electrons. The summed E-state index contributed by atoms with van der Waals surface area (Å²) < 4.78 is 0. The van der Waals surface area contributed by atoms with Crippen LogP contribution in [0.1, 0.15) is 18.4 Å². The number of hydrogen-bond acceptors (Lipinski definition) is 4. The number of amides is 2. The molecule has 1 fully saturated rings. The quantitative estimate of drug-likeness (QED) is 0.389. The van der Waals surface area contributed by atoms with E-state index in [-0.39, 0.29) is 18.2 Å². The number of thioether (sulfide) groups is 1. The summed E-state index contributed by atoms with van der Waals surface area (Å²) in [4.78, 5) is 32.5. The lowest BCUT2D eigenvalue weighted by Gasteiger charge is -2.32. The minimum absolute atomic E-state index is 0.0992. The van der Waals surface area contributed by atoms with Gasteiger partial charge in [-0.1, -0.05) is 71.4 Å². The second-order valence-electron chi connectivity index (χ2n) is 7.82. The van der Waals surface area contributed by atoms with E-state index in [4.69, 9.17) is 28.2 Å². The number of anilines is 1. The number of rotatable bonds is 7. The first-order valence-electron chi connectivity index (χ1n) is 10.9. The molecule has 1 heterocycles. The Morgan fingerprint density at radius 1 is 1.00 bits per heavy atom. The van der Waals surface area contributed by atoms with Gasteiger partial charge in [0.2, 0.25) is 11.8 Å². The molecule has 1 aliphatic heterocycles. The average molecular weight is 512 g/mol. The third-order valence-corrected chi connectivity index (χ3v) is 6.94. The summed E-state index contributed by atoms with van der Waals surface area (Å²) in [6, 6.07) is 24.2. The Balaban J connectivity index is 1.51. The molecular formula is C26H23Cl2N3O2S. The van der Waals surface area contributed by atoms with Gasteiger partial charge in [-0.3, -0.25) is 14.5 Å². The predicted octanol–water partition coefficient (Wildman–Crippen LogP) is 6.59. The highest BCUT2D eigenvalue weighted by Crippen LogP contribution is 2.31. The molecule has 0 bridgehead atoms. The number of aryl methyl sites for hydroxylation is 1. The summed E-state index contributed by atoms with van der Waals surface area (Å²) in [6.07, 6.45) is 1.74. The van der Waals surface area contributed by atoms with E-state index in [0.29, 0.717) is 33.1 Å². The molecule has 1 N–H and O–H groups in total. The number of aliphatic imine (C=N–C) groups is 1. The van der Waals surface area contributed by atoms with Gasteiger partial charge in [-0.15, -0.1) is 0 Å². The van der Waals surface area contributed by atoms with Gasteiger partial charge in [0.05, 0.1) is 5.69 Å². The number of benzene rings is 3. The van der Waals surface area contributed by atoms with Gasteiger partial charge in [-0.25, -0.2) is 4.99 Å². The second kappa shape index (κ2) is 11.6. The monoisotopic (exact) mass is 511 g/mol. The molecule has 5 nitrogen and oxygen atoms in total. The van der Waals surface area contributed by atoms with E-state index >= 15 is 0 Å². The third kappa shape index (κ3) is 6.63. The van der Waals surface area contributed by atoms with Crippen LogP contribution < -0.4 is 5.32 Å². The van der Waals surface area contributed by atoms with E-state index in [9.17, 15) is 9.59 Å². The van der Waals surface area contributed by atoms with Crippen LogP contribution in [0.2, 0.25) is 10.0 Å². The Morgan fingerprint density at radius 3 is 2.50 bits per heavy atom. The standard InChI is InChI=1S/C26H23Cl2N3O2S/c27-19-11-13-21(14-12-19)30-26-31(15-5-8-18-6-2-1-3-7-18)24(32)17-23(34-26)25(33)29-22-10-4-9-20(28)16-22/h1-4,6-7,9-14,16,23H,5,8,15,17H2,(H,29,33). The van der Waals surface area contributed by atoms with Crippen LogP contribution in [0.15, 0.2) is 83.9 Å². The van der Waals surface area contributed by atoms with Crippen molar-refractivity contribution < 1.29 is 9.59 Å². The predicted molar refractivity (Wildman–Crippen MR) is 141 cm³/mol. The van der Waals surface area contributed by atoms with Gasteiger partial charge < -0.3 is 5.32 Å². The molecule has 0 spiro atoms. The van der Waals surface area contributed by atoms with Crippen molar-refractivity contribution in [3.05, 3.63) is 94.5 Å². The first-order chi connectivity index (χ1) is 16.5. The van der Waals surface area contributed by atoms with Crippen LogP contribution >= 0.6 is 35.0 Å². The van der Waals surface area contributed by atoms with Crippen LogP contribution in [0.4, 0.5) is 11.4 Å². The molecule has 3 aromatic rings. The average Bonchev–Trinajstić information content (AvgIpc) is 2.82. The molecule has 1 saturated heterocycles. The molecule has 0 radical (unpaired) electrons. The zero-order chi connectivity index (χ0) is 23.9. The molecule has 1 aliphatic rings. The Kier molecular flexibility index (Phi) is 8.27. The Morgan fingerprint density at radius 2 is 1.76 bits per heavy atom. The highest BCUT2D eigenvalue weighted by Gasteiger charge is 2.35. The second-order valence-corrected chi connectivity index (χ2v) is 9.86. The topological polar surface area (TPSA) is 61.8 Å². The van der Waals surface area contributed by atoms with Gasteiger partial charge in [0.1, 0.15) is 5.25 Å². The largest absolute Gasteiger partial charge is 0.325 e. The lowest BCUT2D eigenvalue weighted by molar-refractivity contribution is -0.129. The van der Waals surface area contributed by atoms with Crippen molar-refractivity contribution in [1.82, 2.24) is 4.90 Å². The summed E-state index contributed by atoms with van der Waals surface area (Å²) in [6.45, 7) is 0.524. The lowest BCUT2D eigenvalue weighted by atomic mass is 10.1. The number of carbonyl (C=O) groups is 2. The number of nitrogens with one attached hydrogen (secondary N) is 1.